The van der Waals surface area contributed by atoms with E-state index in [0.29, 0.717) is 32.7 Å². The van der Waals surface area contributed by atoms with E-state index in [4.69, 9.17) is 15.2 Å². The number of nitrogens with zero attached hydrogens (tertiary/aromatic N) is 3. The van der Waals surface area contributed by atoms with Crippen LogP contribution in [0.25, 0.3) is 0 Å². The van der Waals surface area contributed by atoms with Gasteiger partial charge in [0.15, 0.2) is 5.82 Å². The molecule has 1 rings (SSSR count). The van der Waals surface area contributed by atoms with Gasteiger partial charge in [0.2, 0.25) is 10.0 Å². The van der Waals surface area contributed by atoms with E-state index in [1.807, 2.05) is 6.92 Å². The molecule has 0 aliphatic carbocycles. The van der Waals surface area contributed by atoms with Gasteiger partial charge < -0.3 is 15.2 Å². The zero-order valence-electron chi connectivity index (χ0n) is 12.8. The molecule has 0 saturated heterocycles. The Morgan fingerprint density at radius 1 is 1.29 bits per heavy atom. The van der Waals surface area contributed by atoms with Gasteiger partial charge >= 0.3 is 0 Å². The molecule has 1 aromatic heterocycles. The predicted octanol–water partition coefficient (Wildman–Crippen LogP) is 0.159. The highest BCUT2D eigenvalue weighted by molar-refractivity contribution is 7.89. The third-order valence-corrected chi connectivity index (χ3v) is 4.91. The maximum absolute atomic E-state index is 12.7. The van der Waals surface area contributed by atoms with Crippen LogP contribution >= 0.6 is 0 Å². The lowest BCUT2D eigenvalue weighted by Crippen LogP contribution is -2.35. The van der Waals surface area contributed by atoms with Crippen molar-refractivity contribution in [2.45, 2.75) is 24.8 Å². The minimum atomic E-state index is -3.68. The number of nitrogen functional groups attached to an aromatic ring is 1. The molecule has 0 radical (unpaired) electrons. The van der Waals surface area contributed by atoms with Gasteiger partial charge in [-0.2, -0.15) is 9.40 Å². The Morgan fingerprint density at radius 3 is 2.48 bits per heavy atom. The number of nitrogens with two attached hydrogens (primary N) is 1. The van der Waals surface area contributed by atoms with Gasteiger partial charge in [-0.25, -0.2) is 8.42 Å². The maximum Gasteiger partial charge on any atom is 0.248 e. The second kappa shape index (κ2) is 8.32. The van der Waals surface area contributed by atoms with Crippen LogP contribution < -0.4 is 5.73 Å². The third-order valence-electron chi connectivity index (χ3n) is 3.00. The minimum absolute atomic E-state index is 0.0195. The number of aryl methyl sites for hydroxylation is 1. The van der Waals surface area contributed by atoms with Gasteiger partial charge in [0, 0.05) is 46.7 Å². The van der Waals surface area contributed by atoms with E-state index in [9.17, 15) is 8.42 Å². The third kappa shape index (κ3) is 4.67. The number of hydrogen-bond acceptors (Lipinski definition) is 6. The molecule has 21 heavy (non-hydrogen) atoms. The molecule has 0 aliphatic rings. The molecule has 0 fully saturated rings. The fourth-order valence-electron chi connectivity index (χ4n) is 1.85. The second-order valence-electron chi connectivity index (χ2n) is 4.48. The summed E-state index contributed by atoms with van der Waals surface area (Å²) in [6.07, 6.45) is 2.06. The Morgan fingerprint density at radius 2 is 1.95 bits per heavy atom. The Bertz CT molecular complexity index is 529. The number of aromatic nitrogens is 2. The topological polar surface area (TPSA) is 99.7 Å². The fourth-order valence-corrected chi connectivity index (χ4v) is 3.37. The fraction of sp³-hybridized carbons (Fsp3) is 0.750. The first-order valence-corrected chi connectivity index (χ1v) is 8.22. The second-order valence-corrected chi connectivity index (χ2v) is 6.38. The van der Waals surface area contributed by atoms with Crippen molar-refractivity contribution in [1.29, 1.82) is 0 Å². The molecule has 9 heteroatoms. The highest BCUT2D eigenvalue weighted by atomic mass is 32.2. The Labute approximate surface area is 125 Å². The van der Waals surface area contributed by atoms with Crippen molar-refractivity contribution in [2.24, 2.45) is 0 Å². The molecular weight excluding hydrogens is 296 g/mol. The molecule has 0 atom stereocenters. The SMILES string of the molecule is CCn1cc(S(=O)(=O)N(CCCOC)CCOC)c(N)n1. The van der Waals surface area contributed by atoms with Crippen LogP contribution in [0.3, 0.4) is 0 Å². The molecule has 0 saturated carbocycles. The quantitative estimate of drug-likeness (QED) is 0.616. The summed E-state index contributed by atoms with van der Waals surface area (Å²) in [6, 6.07) is 0. The summed E-state index contributed by atoms with van der Waals surface area (Å²) < 4.78 is 38.2. The van der Waals surface area contributed by atoms with E-state index >= 15 is 0 Å². The molecule has 0 bridgehead atoms. The predicted molar refractivity (Wildman–Crippen MR) is 79.4 cm³/mol. The highest BCUT2D eigenvalue weighted by Crippen LogP contribution is 2.21. The summed E-state index contributed by atoms with van der Waals surface area (Å²) in [5.74, 6) is 0.0195. The van der Waals surface area contributed by atoms with Crippen molar-refractivity contribution in [1.82, 2.24) is 14.1 Å². The van der Waals surface area contributed by atoms with E-state index in [1.165, 1.54) is 22.3 Å². The van der Waals surface area contributed by atoms with Crippen molar-refractivity contribution < 1.29 is 17.9 Å². The Balaban J connectivity index is 2.98. The molecule has 0 aromatic carbocycles. The molecule has 1 heterocycles. The lowest BCUT2D eigenvalue weighted by atomic mass is 10.4. The summed E-state index contributed by atoms with van der Waals surface area (Å²) in [4.78, 5) is 0.0397. The number of hydrogen-bond donors (Lipinski definition) is 1. The number of sulfonamides is 1. The van der Waals surface area contributed by atoms with Crippen molar-refractivity contribution in [3.8, 4) is 0 Å². The molecule has 122 valence electrons. The number of rotatable bonds is 10. The van der Waals surface area contributed by atoms with Crippen LogP contribution in [0, 0.1) is 0 Å². The lowest BCUT2D eigenvalue weighted by molar-refractivity contribution is 0.164. The van der Waals surface area contributed by atoms with Crippen molar-refractivity contribution in [3.05, 3.63) is 6.20 Å². The largest absolute Gasteiger partial charge is 0.385 e. The molecule has 8 nitrogen and oxygen atoms in total. The summed E-state index contributed by atoms with van der Waals surface area (Å²) in [5, 5.41) is 3.99. The summed E-state index contributed by atoms with van der Waals surface area (Å²) in [6.45, 7) is 3.83. The van der Waals surface area contributed by atoms with Crippen LogP contribution in [0.4, 0.5) is 5.82 Å². The summed E-state index contributed by atoms with van der Waals surface area (Å²) in [7, 11) is -0.572. The highest BCUT2D eigenvalue weighted by Gasteiger charge is 2.28. The maximum atomic E-state index is 12.7. The van der Waals surface area contributed by atoms with Gasteiger partial charge in [-0.05, 0) is 13.3 Å². The first-order valence-electron chi connectivity index (χ1n) is 6.78. The Kier molecular flexibility index (Phi) is 7.09. The monoisotopic (exact) mass is 320 g/mol. The van der Waals surface area contributed by atoms with Gasteiger partial charge in [0.25, 0.3) is 0 Å². The van der Waals surface area contributed by atoms with Gasteiger partial charge in [0.05, 0.1) is 6.61 Å². The lowest BCUT2D eigenvalue weighted by Gasteiger charge is -2.21. The van der Waals surface area contributed by atoms with Crippen LogP contribution in [0.5, 0.6) is 0 Å². The summed E-state index contributed by atoms with van der Waals surface area (Å²) >= 11 is 0. The van der Waals surface area contributed by atoms with E-state index in [0.717, 1.165) is 0 Å². The number of anilines is 1. The minimum Gasteiger partial charge on any atom is -0.385 e. The zero-order chi connectivity index (χ0) is 15.9. The van der Waals surface area contributed by atoms with Gasteiger partial charge in [0.1, 0.15) is 4.90 Å². The molecule has 2 N–H and O–H groups in total. The van der Waals surface area contributed by atoms with Crippen LogP contribution in [0.2, 0.25) is 0 Å². The van der Waals surface area contributed by atoms with Crippen molar-refractivity contribution >= 4 is 15.8 Å². The standard InChI is InChI=1S/C12H24N4O4S/c1-4-15-10-11(12(13)14-15)21(17,18)16(7-9-20-3)6-5-8-19-2/h10H,4-9H2,1-3H3,(H2,13,14). The van der Waals surface area contributed by atoms with E-state index < -0.39 is 10.0 Å². The number of methoxy groups -OCH3 is 2. The van der Waals surface area contributed by atoms with E-state index in [1.54, 1.807) is 7.11 Å². The van der Waals surface area contributed by atoms with Crippen LogP contribution in [0.1, 0.15) is 13.3 Å². The van der Waals surface area contributed by atoms with Crippen LogP contribution in [-0.2, 0) is 26.0 Å². The molecule has 0 unspecified atom stereocenters. The average Bonchev–Trinajstić information content (AvgIpc) is 2.84. The van der Waals surface area contributed by atoms with Gasteiger partial charge in [-0.15, -0.1) is 0 Å². The molecule has 1 aromatic rings. The first kappa shape index (κ1) is 17.9. The summed E-state index contributed by atoms with van der Waals surface area (Å²) in [5.41, 5.74) is 5.73. The first-order chi connectivity index (χ1) is 9.97. The van der Waals surface area contributed by atoms with Crippen LogP contribution in [-0.4, -0.2) is 63.0 Å². The van der Waals surface area contributed by atoms with Gasteiger partial charge in [-0.1, -0.05) is 0 Å². The molecule has 0 amide bonds. The molecular formula is C12H24N4O4S. The van der Waals surface area contributed by atoms with Gasteiger partial charge in [-0.3, -0.25) is 4.68 Å². The Hall–Kier alpha value is -1.16. The smallest absolute Gasteiger partial charge is 0.248 e. The molecule has 0 spiro atoms. The zero-order valence-corrected chi connectivity index (χ0v) is 13.6. The molecule has 0 aliphatic heterocycles. The normalized spacial score (nSPS) is 12.2. The van der Waals surface area contributed by atoms with E-state index in [2.05, 4.69) is 5.10 Å². The van der Waals surface area contributed by atoms with E-state index in [-0.39, 0.29) is 17.3 Å². The van der Waals surface area contributed by atoms with Crippen LogP contribution in [0.15, 0.2) is 11.1 Å². The van der Waals surface area contributed by atoms with Crippen molar-refractivity contribution in [2.75, 3.05) is 46.3 Å². The average molecular weight is 320 g/mol. The van der Waals surface area contributed by atoms with Crippen molar-refractivity contribution in [3.63, 3.8) is 0 Å². The number of ether oxygens (including phenoxy) is 2.